The van der Waals surface area contributed by atoms with Crippen LogP contribution in [0, 0.1) is 5.82 Å². The van der Waals surface area contributed by atoms with Crippen molar-refractivity contribution in [3.8, 4) is 5.75 Å². The zero-order valence-electron chi connectivity index (χ0n) is 21.5. The third-order valence-corrected chi connectivity index (χ3v) is 6.67. The van der Waals surface area contributed by atoms with E-state index in [1.54, 1.807) is 16.9 Å². The van der Waals surface area contributed by atoms with Crippen LogP contribution in [0.2, 0.25) is 0 Å². The van der Waals surface area contributed by atoms with E-state index in [-0.39, 0.29) is 23.7 Å². The molecule has 38 heavy (non-hydrogen) atoms. The Labute approximate surface area is 219 Å². The van der Waals surface area contributed by atoms with Gasteiger partial charge in [0.2, 0.25) is 6.23 Å². The summed E-state index contributed by atoms with van der Waals surface area (Å²) in [5, 5.41) is 4.37. The number of carbonyl (C=O) groups is 1. The summed E-state index contributed by atoms with van der Waals surface area (Å²) < 4.78 is 64.6. The fourth-order valence-corrected chi connectivity index (χ4v) is 4.46. The molecule has 0 aliphatic carbocycles. The van der Waals surface area contributed by atoms with Gasteiger partial charge in [0.05, 0.1) is 13.7 Å². The average Bonchev–Trinajstić information content (AvgIpc) is 3.29. The van der Waals surface area contributed by atoms with Crippen LogP contribution in [0.1, 0.15) is 22.9 Å². The third-order valence-electron chi connectivity index (χ3n) is 6.67. The summed E-state index contributed by atoms with van der Waals surface area (Å²) in [6.07, 6.45) is -5.45. The van der Waals surface area contributed by atoms with E-state index in [1.165, 1.54) is 19.2 Å². The van der Waals surface area contributed by atoms with Gasteiger partial charge in [-0.3, -0.25) is 5.01 Å². The van der Waals surface area contributed by atoms with Crippen LogP contribution in [0.3, 0.4) is 0 Å². The van der Waals surface area contributed by atoms with Crippen LogP contribution in [0.5, 0.6) is 5.75 Å². The van der Waals surface area contributed by atoms with E-state index >= 15 is 4.39 Å². The molecular formula is C26H31F4N5O3. The van der Waals surface area contributed by atoms with Crippen molar-refractivity contribution in [2.45, 2.75) is 25.4 Å². The van der Waals surface area contributed by atoms with Gasteiger partial charge < -0.3 is 24.2 Å². The molecule has 1 saturated heterocycles. The number of methoxy groups -OCH3 is 1. The number of urea groups is 1. The van der Waals surface area contributed by atoms with Crippen LogP contribution in [0.25, 0.3) is 0 Å². The molecule has 2 amide bonds. The van der Waals surface area contributed by atoms with Crippen LogP contribution in [-0.2, 0) is 17.7 Å². The number of hydrogen-bond donors (Lipinski definition) is 0. The first kappa shape index (κ1) is 27.5. The molecule has 8 nitrogen and oxygen atoms in total. The Kier molecular flexibility index (Phi) is 8.29. The van der Waals surface area contributed by atoms with Crippen LogP contribution >= 0.6 is 0 Å². The number of rotatable bonds is 7. The van der Waals surface area contributed by atoms with E-state index in [2.05, 4.69) is 10.0 Å². The van der Waals surface area contributed by atoms with E-state index in [0.717, 1.165) is 29.7 Å². The quantitative estimate of drug-likeness (QED) is 0.499. The van der Waals surface area contributed by atoms with Gasteiger partial charge in [0.15, 0.2) is 0 Å². The second-order valence-corrected chi connectivity index (χ2v) is 9.35. The number of ether oxygens (including phenoxy) is 2. The lowest BCUT2D eigenvalue weighted by molar-refractivity contribution is -0.0820. The van der Waals surface area contributed by atoms with Gasteiger partial charge in [-0.15, -0.1) is 5.10 Å². The molecule has 0 radical (unpaired) electrons. The standard InChI is InChI=1S/C26H31F4N5O3/c1-32-12-14-34(15-13-32)25(36)35(11-10-18-6-4-5-7-22(18)37-3)17-20-9-8-19(16-21(20)27)23-33(2)31-24(38-23)26(28,29)30/h4-9,16,23H,10-15,17H2,1-3H3. The molecule has 2 aliphatic rings. The molecule has 0 N–H and O–H groups in total. The topological polar surface area (TPSA) is 60.9 Å². The SMILES string of the molecule is COc1ccccc1CCN(Cc1ccc(C2OC(C(F)(F)F)=NN2C)cc1F)C(=O)N1CCN(C)CC1. The minimum absolute atomic E-state index is 0.00189. The zero-order chi connectivity index (χ0) is 27.4. The summed E-state index contributed by atoms with van der Waals surface area (Å²) in [5.41, 5.74) is 1.35. The van der Waals surface area contributed by atoms with Gasteiger partial charge in [-0.05, 0) is 31.2 Å². The maximum Gasteiger partial charge on any atom is 0.470 e. The first-order valence-electron chi connectivity index (χ1n) is 12.2. The number of para-hydroxylation sites is 1. The van der Waals surface area contributed by atoms with Crippen molar-refractivity contribution in [3.05, 3.63) is 65.0 Å². The fourth-order valence-electron chi connectivity index (χ4n) is 4.46. The normalized spacial score (nSPS) is 18.3. The smallest absolute Gasteiger partial charge is 0.470 e. The van der Waals surface area contributed by atoms with Crippen LogP contribution < -0.4 is 4.74 Å². The number of hydrogen-bond acceptors (Lipinski definition) is 6. The van der Waals surface area contributed by atoms with Crippen LogP contribution in [-0.4, -0.2) is 91.7 Å². The lowest BCUT2D eigenvalue weighted by atomic mass is 10.1. The molecule has 1 unspecified atom stereocenters. The van der Waals surface area contributed by atoms with Gasteiger partial charge in [-0.25, -0.2) is 9.18 Å². The maximum atomic E-state index is 15.2. The molecule has 2 aliphatic heterocycles. The number of likely N-dealkylation sites (N-methyl/N-ethyl adjacent to an activating group) is 1. The largest absolute Gasteiger partial charge is 0.496 e. The van der Waals surface area contributed by atoms with Crippen molar-refractivity contribution >= 4 is 11.9 Å². The van der Waals surface area contributed by atoms with Crippen LogP contribution in [0.4, 0.5) is 22.4 Å². The fraction of sp³-hybridized carbons (Fsp3) is 0.462. The molecule has 2 aromatic carbocycles. The molecule has 4 rings (SSSR count). The van der Waals surface area contributed by atoms with E-state index in [0.29, 0.717) is 31.8 Å². The lowest BCUT2D eigenvalue weighted by Crippen LogP contribution is -2.52. The van der Waals surface area contributed by atoms with Crippen molar-refractivity contribution in [1.82, 2.24) is 19.7 Å². The number of piperazine rings is 1. The highest BCUT2D eigenvalue weighted by atomic mass is 19.4. The number of hydrazone groups is 1. The number of amides is 2. The molecule has 0 bridgehead atoms. The Morgan fingerprint density at radius 2 is 1.82 bits per heavy atom. The Morgan fingerprint density at radius 3 is 2.45 bits per heavy atom. The average molecular weight is 538 g/mol. The van der Waals surface area contributed by atoms with E-state index in [4.69, 9.17) is 9.47 Å². The van der Waals surface area contributed by atoms with Gasteiger partial charge in [0.25, 0.3) is 0 Å². The van der Waals surface area contributed by atoms with Crippen molar-refractivity contribution in [2.24, 2.45) is 5.10 Å². The third kappa shape index (κ3) is 6.29. The second kappa shape index (κ2) is 11.5. The highest BCUT2D eigenvalue weighted by molar-refractivity contribution is 5.82. The van der Waals surface area contributed by atoms with Gasteiger partial charge in [0.1, 0.15) is 11.6 Å². The molecule has 0 aromatic heterocycles. The minimum Gasteiger partial charge on any atom is -0.496 e. The molecular weight excluding hydrogens is 506 g/mol. The second-order valence-electron chi connectivity index (χ2n) is 9.35. The highest BCUT2D eigenvalue weighted by Gasteiger charge is 2.45. The number of benzene rings is 2. The monoisotopic (exact) mass is 537 g/mol. The summed E-state index contributed by atoms with van der Waals surface area (Å²) in [5.74, 6) is -1.32. The van der Waals surface area contributed by atoms with Gasteiger partial charge >= 0.3 is 18.1 Å². The molecule has 2 aromatic rings. The summed E-state index contributed by atoms with van der Waals surface area (Å²) in [4.78, 5) is 19.0. The summed E-state index contributed by atoms with van der Waals surface area (Å²) in [7, 11) is 4.90. The van der Waals surface area contributed by atoms with Crippen molar-refractivity contribution in [3.63, 3.8) is 0 Å². The first-order valence-corrected chi connectivity index (χ1v) is 12.2. The Balaban J connectivity index is 1.52. The Bertz CT molecular complexity index is 1170. The van der Waals surface area contributed by atoms with E-state index in [9.17, 15) is 18.0 Å². The molecule has 0 spiro atoms. The summed E-state index contributed by atoms with van der Waals surface area (Å²) in [6, 6.07) is 11.4. The molecule has 2 heterocycles. The van der Waals surface area contributed by atoms with Gasteiger partial charge in [-0.2, -0.15) is 13.2 Å². The predicted octanol–water partition coefficient (Wildman–Crippen LogP) is 4.08. The van der Waals surface area contributed by atoms with Crippen molar-refractivity contribution in [1.29, 1.82) is 0 Å². The first-order chi connectivity index (χ1) is 18.1. The highest BCUT2D eigenvalue weighted by Crippen LogP contribution is 2.33. The number of nitrogens with zero attached hydrogens (tertiary/aromatic N) is 5. The van der Waals surface area contributed by atoms with Gasteiger partial charge in [-0.1, -0.05) is 30.3 Å². The number of alkyl halides is 3. The number of halogens is 4. The van der Waals surface area contributed by atoms with Crippen molar-refractivity contribution < 1.29 is 31.8 Å². The number of carbonyl (C=O) groups excluding carboxylic acids is 1. The Morgan fingerprint density at radius 1 is 1.11 bits per heavy atom. The minimum atomic E-state index is -4.74. The summed E-state index contributed by atoms with van der Waals surface area (Å²) in [6.45, 7) is 2.93. The summed E-state index contributed by atoms with van der Waals surface area (Å²) >= 11 is 0. The lowest BCUT2D eigenvalue weighted by Gasteiger charge is -2.36. The van der Waals surface area contributed by atoms with Crippen LogP contribution in [0.15, 0.2) is 47.6 Å². The molecule has 206 valence electrons. The van der Waals surface area contributed by atoms with Crippen molar-refractivity contribution in [2.75, 3.05) is 53.9 Å². The molecule has 12 heteroatoms. The molecule has 1 fully saturated rings. The van der Waals surface area contributed by atoms with Gasteiger partial charge in [0, 0.05) is 50.9 Å². The molecule has 1 atom stereocenters. The Hall–Kier alpha value is -3.54. The predicted molar refractivity (Wildman–Crippen MR) is 133 cm³/mol. The maximum absolute atomic E-state index is 15.2. The molecule has 0 saturated carbocycles. The zero-order valence-corrected chi connectivity index (χ0v) is 21.5. The van der Waals surface area contributed by atoms with E-state index < -0.39 is 24.1 Å². The van der Waals surface area contributed by atoms with E-state index in [1.807, 2.05) is 31.3 Å².